The summed E-state index contributed by atoms with van der Waals surface area (Å²) < 4.78 is -0.247. The first-order chi connectivity index (χ1) is 7.00. The zero-order chi connectivity index (χ0) is 11.4. The zero-order valence-corrected chi connectivity index (χ0v) is 8.88. The highest BCUT2D eigenvalue weighted by Crippen LogP contribution is 2.17. The van der Waals surface area contributed by atoms with Crippen molar-refractivity contribution >= 4 is 27.7 Å². The van der Waals surface area contributed by atoms with Gasteiger partial charge in [0.2, 0.25) is 0 Å². The maximum atomic E-state index is 10.4. The van der Waals surface area contributed by atoms with Gasteiger partial charge < -0.3 is 0 Å². The number of nitro groups is 2. The molecule has 0 spiro atoms. The van der Waals surface area contributed by atoms with Crippen LogP contribution in [0.3, 0.4) is 0 Å². The number of non-ortho nitro benzene ring substituents is 1. The first-order valence-corrected chi connectivity index (χ1v) is 4.56. The van der Waals surface area contributed by atoms with E-state index in [-0.39, 0.29) is 10.3 Å². The molecule has 7 heteroatoms. The summed E-state index contributed by atoms with van der Waals surface area (Å²) in [6.07, 6.45) is 1.20. The highest BCUT2D eigenvalue weighted by atomic mass is 79.9. The molecule has 1 aromatic rings. The van der Waals surface area contributed by atoms with Crippen LogP contribution in [0.2, 0.25) is 0 Å². The summed E-state index contributed by atoms with van der Waals surface area (Å²) in [5.41, 5.74) is 0.292. The van der Waals surface area contributed by atoms with Crippen molar-refractivity contribution in [3.05, 3.63) is 54.7 Å². The average molecular weight is 273 g/mol. The lowest BCUT2D eigenvalue weighted by molar-refractivity contribution is -0.407. The Kier molecular flexibility index (Phi) is 3.51. The van der Waals surface area contributed by atoms with Gasteiger partial charge in [-0.05, 0) is 5.56 Å². The van der Waals surface area contributed by atoms with Crippen molar-refractivity contribution in [1.82, 2.24) is 0 Å². The number of rotatable bonds is 3. The molecule has 0 aliphatic carbocycles. The lowest BCUT2D eigenvalue weighted by atomic mass is 10.2. The Balaban J connectivity index is 3.06. The zero-order valence-electron chi connectivity index (χ0n) is 7.29. The Morgan fingerprint density at radius 2 is 2.00 bits per heavy atom. The predicted octanol–water partition coefficient (Wildman–Crippen LogP) is 2.56. The second-order valence-corrected chi connectivity index (χ2v) is 3.39. The molecule has 1 aromatic carbocycles. The fraction of sp³-hybridized carbons (Fsp3) is 0. The summed E-state index contributed by atoms with van der Waals surface area (Å²) >= 11 is 2.73. The smallest absolute Gasteiger partial charge is 0.258 e. The molecule has 6 nitrogen and oxygen atoms in total. The quantitative estimate of drug-likeness (QED) is 0.481. The normalized spacial score (nSPS) is 11.1. The monoisotopic (exact) mass is 272 g/mol. The van der Waals surface area contributed by atoms with Gasteiger partial charge >= 0.3 is 4.61 Å². The van der Waals surface area contributed by atoms with Crippen LogP contribution >= 0.6 is 15.9 Å². The predicted molar refractivity (Wildman–Crippen MR) is 57.0 cm³/mol. The number of halogens is 1. The third kappa shape index (κ3) is 3.13. The van der Waals surface area contributed by atoms with Gasteiger partial charge in [0, 0.05) is 34.1 Å². The lowest BCUT2D eigenvalue weighted by Gasteiger charge is -1.93. The van der Waals surface area contributed by atoms with Crippen LogP contribution in [0.15, 0.2) is 28.9 Å². The molecule has 15 heavy (non-hydrogen) atoms. The summed E-state index contributed by atoms with van der Waals surface area (Å²) in [7, 11) is 0. The number of hydrogen-bond acceptors (Lipinski definition) is 4. The molecule has 0 saturated carbocycles. The van der Waals surface area contributed by atoms with Crippen LogP contribution in [-0.4, -0.2) is 9.85 Å². The molecule has 0 saturated heterocycles. The molecule has 78 valence electrons. The van der Waals surface area contributed by atoms with Crippen LogP contribution in [0, 0.1) is 20.2 Å². The minimum Gasteiger partial charge on any atom is -0.258 e. The molecular formula is C8H5BrN2O4. The summed E-state index contributed by atoms with van der Waals surface area (Å²) in [5, 5.41) is 20.7. The van der Waals surface area contributed by atoms with Crippen molar-refractivity contribution in [2.45, 2.75) is 0 Å². The van der Waals surface area contributed by atoms with Gasteiger partial charge in [0.1, 0.15) is 0 Å². The van der Waals surface area contributed by atoms with Crippen molar-refractivity contribution in [3.8, 4) is 0 Å². The van der Waals surface area contributed by atoms with E-state index in [1.54, 1.807) is 0 Å². The Morgan fingerprint density at radius 3 is 2.53 bits per heavy atom. The van der Waals surface area contributed by atoms with Gasteiger partial charge in [-0.15, -0.1) is 0 Å². The number of hydrogen-bond donors (Lipinski definition) is 0. The summed E-state index contributed by atoms with van der Waals surface area (Å²) in [6.45, 7) is 0. The van der Waals surface area contributed by atoms with Crippen molar-refractivity contribution in [1.29, 1.82) is 0 Å². The van der Waals surface area contributed by atoms with Gasteiger partial charge in [-0.25, -0.2) is 0 Å². The van der Waals surface area contributed by atoms with E-state index >= 15 is 0 Å². The molecule has 0 radical (unpaired) electrons. The standard InChI is InChI=1S/C8H5BrN2O4/c9-8(11(14)15)5-6-2-1-3-7(4-6)10(12)13/h1-5H/b8-5-. The fourth-order valence-electron chi connectivity index (χ4n) is 0.918. The molecular weight excluding hydrogens is 268 g/mol. The number of nitrogens with zero attached hydrogens (tertiary/aromatic N) is 2. The van der Waals surface area contributed by atoms with E-state index in [1.165, 1.54) is 30.3 Å². The van der Waals surface area contributed by atoms with Gasteiger partial charge in [-0.1, -0.05) is 12.1 Å². The summed E-state index contributed by atoms with van der Waals surface area (Å²) in [6, 6.07) is 5.57. The van der Waals surface area contributed by atoms with E-state index in [0.717, 1.165) is 0 Å². The second-order valence-electron chi connectivity index (χ2n) is 2.58. The highest BCUT2D eigenvalue weighted by molar-refractivity contribution is 9.11. The van der Waals surface area contributed by atoms with Crippen LogP contribution < -0.4 is 0 Å². The van der Waals surface area contributed by atoms with Gasteiger partial charge in [0.25, 0.3) is 5.69 Å². The topological polar surface area (TPSA) is 86.3 Å². The van der Waals surface area contributed by atoms with Crippen LogP contribution in [0.1, 0.15) is 5.56 Å². The fourth-order valence-corrected chi connectivity index (χ4v) is 1.18. The Hall–Kier alpha value is -1.76. The van der Waals surface area contributed by atoms with Crippen molar-refractivity contribution < 1.29 is 9.85 Å². The largest absolute Gasteiger partial charge is 0.311 e. The SMILES string of the molecule is O=[N+]([O-])/C(Br)=C\c1cccc([N+](=O)[O-])c1. The van der Waals surface area contributed by atoms with Gasteiger partial charge in [0.05, 0.1) is 9.85 Å². The second kappa shape index (κ2) is 4.65. The summed E-state index contributed by atoms with van der Waals surface area (Å²) in [5.74, 6) is 0. The molecule has 0 fully saturated rings. The third-order valence-electron chi connectivity index (χ3n) is 1.54. The van der Waals surface area contributed by atoms with Crippen molar-refractivity contribution in [2.24, 2.45) is 0 Å². The van der Waals surface area contributed by atoms with E-state index in [4.69, 9.17) is 0 Å². The first kappa shape index (κ1) is 11.3. The first-order valence-electron chi connectivity index (χ1n) is 3.77. The van der Waals surface area contributed by atoms with Gasteiger partial charge in [-0.3, -0.25) is 20.2 Å². The van der Waals surface area contributed by atoms with E-state index in [2.05, 4.69) is 15.9 Å². The lowest BCUT2D eigenvalue weighted by Crippen LogP contribution is -1.91. The Morgan fingerprint density at radius 1 is 1.33 bits per heavy atom. The molecule has 0 aliphatic heterocycles. The van der Waals surface area contributed by atoms with E-state index in [1.807, 2.05) is 0 Å². The van der Waals surface area contributed by atoms with E-state index in [0.29, 0.717) is 5.56 Å². The summed E-state index contributed by atoms with van der Waals surface area (Å²) in [4.78, 5) is 19.5. The third-order valence-corrected chi connectivity index (χ3v) is 2.06. The molecule has 0 bridgehead atoms. The van der Waals surface area contributed by atoms with E-state index < -0.39 is 9.85 Å². The molecule has 0 unspecified atom stereocenters. The average Bonchev–Trinajstić information content (AvgIpc) is 2.18. The Labute approximate surface area is 92.6 Å². The highest BCUT2D eigenvalue weighted by Gasteiger charge is 2.08. The maximum absolute atomic E-state index is 10.4. The number of nitro benzene ring substituents is 1. The molecule has 0 aliphatic rings. The van der Waals surface area contributed by atoms with E-state index in [9.17, 15) is 20.2 Å². The van der Waals surface area contributed by atoms with Crippen LogP contribution in [-0.2, 0) is 0 Å². The molecule has 0 amide bonds. The molecule has 0 heterocycles. The molecule has 1 rings (SSSR count). The molecule has 0 atom stereocenters. The van der Waals surface area contributed by atoms with Crippen LogP contribution in [0.5, 0.6) is 0 Å². The maximum Gasteiger partial charge on any atom is 0.311 e. The van der Waals surface area contributed by atoms with Crippen molar-refractivity contribution in [2.75, 3.05) is 0 Å². The van der Waals surface area contributed by atoms with Gasteiger partial charge in [-0.2, -0.15) is 0 Å². The number of benzene rings is 1. The Bertz CT molecular complexity index is 444. The molecule has 0 aromatic heterocycles. The van der Waals surface area contributed by atoms with Crippen molar-refractivity contribution in [3.63, 3.8) is 0 Å². The van der Waals surface area contributed by atoms with Crippen LogP contribution in [0.25, 0.3) is 6.08 Å². The van der Waals surface area contributed by atoms with Gasteiger partial charge in [0.15, 0.2) is 0 Å². The minimum absolute atomic E-state index is 0.104. The van der Waals surface area contributed by atoms with Crippen LogP contribution in [0.4, 0.5) is 5.69 Å². The molecule has 0 N–H and O–H groups in total. The minimum atomic E-state index is -0.626.